The fraction of sp³-hybridized carbons (Fsp3) is 0.347. The third-order valence-corrected chi connectivity index (χ3v) is 13.9. The molecule has 9 atom stereocenters. The van der Waals surface area contributed by atoms with Crippen molar-refractivity contribution in [3.8, 4) is 17.2 Å². The van der Waals surface area contributed by atoms with E-state index in [1.165, 1.54) is 30.0 Å². The lowest BCUT2D eigenvalue weighted by molar-refractivity contribution is -0.146. The first-order valence-electron chi connectivity index (χ1n) is 22.2. The van der Waals surface area contributed by atoms with E-state index in [1.54, 1.807) is 42.0 Å². The maximum Gasteiger partial charge on any atom is 0.326 e. The third kappa shape index (κ3) is 7.51. The van der Waals surface area contributed by atoms with Crippen LogP contribution in [0.2, 0.25) is 0 Å². The van der Waals surface area contributed by atoms with Crippen molar-refractivity contribution >= 4 is 52.1 Å². The van der Waals surface area contributed by atoms with Crippen molar-refractivity contribution in [1.29, 1.82) is 0 Å². The number of carbonyl (C=O) groups is 6. The number of nitrogens with one attached hydrogen (secondary N) is 5. The first-order chi connectivity index (χ1) is 31.6. The lowest BCUT2D eigenvalue weighted by Crippen LogP contribution is -2.62. The van der Waals surface area contributed by atoms with Crippen molar-refractivity contribution in [2.45, 2.75) is 101 Å². The molecular weight excluding hydrogens is 845 g/mol. The van der Waals surface area contributed by atoms with Crippen LogP contribution in [0.4, 0.5) is 5.69 Å². The largest absolute Gasteiger partial charge is 0.508 e. The minimum Gasteiger partial charge on any atom is -0.508 e. The summed E-state index contributed by atoms with van der Waals surface area (Å²) >= 11 is 0. The van der Waals surface area contributed by atoms with E-state index in [0.717, 1.165) is 5.56 Å². The van der Waals surface area contributed by atoms with Crippen molar-refractivity contribution in [2.75, 3.05) is 5.32 Å². The average Bonchev–Trinajstić information content (AvgIpc) is 3.94. The maximum absolute atomic E-state index is 15.7. The van der Waals surface area contributed by atoms with E-state index in [2.05, 4.69) is 26.6 Å². The number of rotatable bonds is 9. The summed E-state index contributed by atoms with van der Waals surface area (Å²) in [7, 11) is 0. The van der Waals surface area contributed by atoms with Crippen LogP contribution in [-0.4, -0.2) is 103 Å². The molecule has 1 saturated heterocycles. The van der Waals surface area contributed by atoms with Crippen molar-refractivity contribution in [1.82, 2.24) is 30.7 Å². The van der Waals surface area contributed by atoms with E-state index < -0.39 is 89.3 Å². The predicted molar refractivity (Wildman–Crippen MR) is 243 cm³/mol. The molecule has 5 aromatic rings. The number of carbonyl (C=O) groups excluding carboxylic acids is 5. The van der Waals surface area contributed by atoms with Crippen LogP contribution >= 0.6 is 0 Å². The molecule has 17 nitrogen and oxygen atoms in total. The summed E-state index contributed by atoms with van der Waals surface area (Å²) in [6.07, 6.45) is 1.03. The van der Waals surface area contributed by atoms with Gasteiger partial charge in [0.25, 0.3) is 0 Å². The summed E-state index contributed by atoms with van der Waals surface area (Å²) in [6.45, 7) is 5.16. The Morgan fingerprint density at radius 2 is 1.67 bits per heavy atom. The first-order valence-corrected chi connectivity index (χ1v) is 22.2. The van der Waals surface area contributed by atoms with Crippen molar-refractivity contribution in [3.05, 3.63) is 119 Å². The van der Waals surface area contributed by atoms with Gasteiger partial charge in [-0.15, -0.1) is 0 Å². The number of carboxylic acids is 1. The van der Waals surface area contributed by atoms with Crippen LogP contribution in [0.1, 0.15) is 61.4 Å². The van der Waals surface area contributed by atoms with Gasteiger partial charge in [-0.05, 0) is 89.5 Å². The second-order valence-corrected chi connectivity index (χ2v) is 18.1. The molecule has 0 radical (unpaired) electrons. The molecule has 0 aliphatic carbocycles. The number of nitrogens with two attached hydrogens (primary N) is 1. The minimum atomic E-state index is -1.42. The number of para-hydroxylation sites is 1. The molecule has 9 rings (SSSR count). The number of fused-ring (bicyclic) bond motifs is 11. The normalized spacial score (nSPS) is 24.5. The molecule has 4 aromatic carbocycles. The Kier molecular flexibility index (Phi) is 11.2. The Hall–Kier alpha value is -7.40. The summed E-state index contributed by atoms with van der Waals surface area (Å²) in [4.78, 5) is 87.6. The number of aliphatic carboxylic acids is 1. The number of aromatic hydroxyl groups is 2. The van der Waals surface area contributed by atoms with Crippen LogP contribution < -0.4 is 32.3 Å². The van der Waals surface area contributed by atoms with E-state index >= 15 is 4.79 Å². The highest BCUT2D eigenvalue weighted by Gasteiger charge is 2.62. The number of hydrogen-bond acceptors (Lipinski definition) is 10. The molecule has 0 spiro atoms. The molecule has 4 aliphatic heterocycles. The molecule has 17 heteroatoms. The number of nitrogens with zero attached hydrogens (tertiary/aromatic N) is 2. The van der Waals surface area contributed by atoms with Gasteiger partial charge >= 0.3 is 5.97 Å². The van der Waals surface area contributed by atoms with E-state index in [0.29, 0.717) is 51.0 Å². The van der Waals surface area contributed by atoms with Gasteiger partial charge in [-0.3, -0.25) is 24.0 Å². The maximum atomic E-state index is 15.7. The van der Waals surface area contributed by atoms with Crippen molar-refractivity contribution in [3.63, 3.8) is 0 Å². The zero-order chi connectivity index (χ0) is 46.8. The molecule has 9 bridgehead atoms. The van der Waals surface area contributed by atoms with Crippen LogP contribution in [-0.2, 0) is 53.4 Å². The monoisotopic (exact) mass is 896 g/mol. The van der Waals surface area contributed by atoms with Crippen molar-refractivity contribution < 1.29 is 44.1 Å². The second-order valence-electron chi connectivity index (χ2n) is 18.1. The predicted octanol–water partition coefficient (Wildman–Crippen LogP) is 2.45. The van der Waals surface area contributed by atoms with Gasteiger partial charge < -0.3 is 57.1 Å². The van der Waals surface area contributed by atoms with Crippen LogP contribution in [0, 0.1) is 5.92 Å². The number of phenolic OH excluding ortho intramolecular Hbond substituents is 2. The van der Waals surface area contributed by atoms with Gasteiger partial charge in [-0.25, -0.2) is 4.79 Å². The Bertz CT molecular complexity index is 2810. The second kappa shape index (κ2) is 16.9. The average molecular weight is 897 g/mol. The fourth-order valence-electron chi connectivity index (χ4n) is 10.2. The summed E-state index contributed by atoms with van der Waals surface area (Å²) in [6, 6.07) is 16.8. The van der Waals surface area contributed by atoms with E-state index in [9.17, 15) is 39.3 Å². The van der Waals surface area contributed by atoms with Gasteiger partial charge in [0, 0.05) is 36.5 Å². The van der Waals surface area contributed by atoms with Gasteiger partial charge in [0.1, 0.15) is 47.9 Å². The molecule has 0 saturated carbocycles. The molecule has 1 aromatic heterocycles. The van der Waals surface area contributed by atoms with Crippen LogP contribution in [0.25, 0.3) is 16.6 Å². The molecule has 342 valence electrons. The van der Waals surface area contributed by atoms with E-state index in [4.69, 9.17) is 5.73 Å². The topological polar surface area (TPSA) is 257 Å². The number of hydrogen-bond donors (Lipinski definition) is 9. The Balaban J connectivity index is 1.28. The SMILES string of the molecule is CCC(C)[C@@H]1NC(=O)[C@@H]2Cc3ccc(O)c(c3)-n3cc(c4cc(ccc43)[C@]34C[C@@H](C(=O)N[C@@H](Cc5ccc(O)cc5)C(=O)O)N(C1=O)[C@H]3Nc1ccccc14)CC(NC(=O)[C@H](C)N)C(=O)N2. The smallest absolute Gasteiger partial charge is 0.326 e. The fourth-order valence-corrected chi connectivity index (χ4v) is 10.2. The number of benzene rings is 4. The number of aromatic nitrogens is 1. The third-order valence-electron chi connectivity index (χ3n) is 13.9. The lowest BCUT2D eigenvalue weighted by Gasteiger charge is -2.37. The zero-order valence-corrected chi connectivity index (χ0v) is 36.6. The molecule has 10 N–H and O–H groups in total. The summed E-state index contributed by atoms with van der Waals surface area (Å²) in [5, 5.41) is 47.3. The number of carboxylic acid groups (broad SMARTS) is 1. The molecule has 66 heavy (non-hydrogen) atoms. The molecule has 5 heterocycles. The first kappa shape index (κ1) is 43.8. The van der Waals surface area contributed by atoms with Crippen LogP contribution in [0.15, 0.2) is 91.1 Å². The molecule has 1 fully saturated rings. The van der Waals surface area contributed by atoms with Crippen LogP contribution in [0.5, 0.6) is 11.5 Å². The number of amides is 5. The molecular formula is C49H52N8O9. The highest BCUT2D eigenvalue weighted by atomic mass is 16.4. The van der Waals surface area contributed by atoms with Crippen molar-refractivity contribution in [2.24, 2.45) is 11.7 Å². The molecule has 2 unspecified atom stereocenters. The van der Waals surface area contributed by atoms with Gasteiger partial charge in [0.2, 0.25) is 29.5 Å². The van der Waals surface area contributed by atoms with Gasteiger partial charge in [0.15, 0.2) is 0 Å². The Morgan fingerprint density at radius 3 is 2.39 bits per heavy atom. The van der Waals surface area contributed by atoms with E-state index in [1.807, 2.05) is 49.4 Å². The van der Waals surface area contributed by atoms with Gasteiger partial charge in [-0.1, -0.05) is 62.7 Å². The lowest BCUT2D eigenvalue weighted by atomic mass is 9.72. The summed E-state index contributed by atoms with van der Waals surface area (Å²) < 4.78 is 1.81. The highest BCUT2D eigenvalue weighted by molar-refractivity contribution is 5.99. The standard InChI is InChI=1S/C49H52N8O9/c1-4-24(2)41-46(64)57-39(45(63)53-36(47(65)66)17-26-9-13-30(58)14-10-26)22-49(32-7-5-6-8-33(32)54-48(49)57)29-12-15-37-31(21-29)28-20-35(51-42(60)25(3)50)43(61)52-34(44(62)55-41)18-27-11-16-40(59)38(19-27)56(37)23-28/h5-16,19,21,23-25,34-36,39,41,48,54,58-59H,4,17-18,20,22,50H2,1-3H3,(H,51,60)(H,52,61)(H,53,63)(H,55,62)(H,65,66)/t24?,25-,34-,35?,36-,39-,41-,48+,49-/m0/s1. The van der Waals surface area contributed by atoms with Gasteiger partial charge in [-0.2, -0.15) is 0 Å². The number of phenols is 2. The number of anilines is 1. The zero-order valence-electron chi connectivity index (χ0n) is 36.6. The highest BCUT2D eigenvalue weighted by Crippen LogP contribution is 2.55. The Labute approximate surface area is 379 Å². The molecule has 4 aliphatic rings. The van der Waals surface area contributed by atoms with Gasteiger partial charge in [0.05, 0.1) is 22.7 Å². The van der Waals surface area contributed by atoms with E-state index in [-0.39, 0.29) is 37.2 Å². The summed E-state index contributed by atoms with van der Waals surface area (Å²) in [5.41, 5.74) is 9.76. The van der Waals surface area contributed by atoms with Crippen LogP contribution in [0.3, 0.4) is 0 Å². The Morgan fingerprint density at radius 1 is 0.909 bits per heavy atom. The quantitative estimate of drug-likeness (QED) is 0.104. The molecule has 5 amide bonds. The minimum absolute atomic E-state index is 0.00322. The summed E-state index contributed by atoms with van der Waals surface area (Å²) in [5.74, 6) is -5.14.